The number of carbonyl (C=O) groups excluding carboxylic acids is 3. The number of hydrogen-bond donors (Lipinski definition) is 2. The van der Waals surface area contributed by atoms with Gasteiger partial charge in [0.15, 0.2) is 17.2 Å². The van der Waals surface area contributed by atoms with E-state index < -0.39 is 5.91 Å². The maximum absolute atomic E-state index is 12.8. The molecule has 0 spiro atoms. The number of benzene rings is 2. The van der Waals surface area contributed by atoms with E-state index in [0.29, 0.717) is 34.0 Å². The Balaban J connectivity index is 1.39. The second-order valence-electron chi connectivity index (χ2n) is 7.05. The van der Waals surface area contributed by atoms with Gasteiger partial charge in [0.1, 0.15) is 0 Å². The minimum absolute atomic E-state index is 0.0582. The summed E-state index contributed by atoms with van der Waals surface area (Å²) in [5, 5.41) is 9.89. The molecule has 0 aliphatic carbocycles. The van der Waals surface area contributed by atoms with Crippen LogP contribution >= 0.6 is 11.8 Å². The van der Waals surface area contributed by atoms with Crippen molar-refractivity contribution in [2.75, 3.05) is 26.8 Å². The molecule has 0 atom stereocenters. The van der Waals surface area contributed by atoms with E-state index in [-0.39, 0.29) is 29.9 Å². The molecule has 1 aliphatic heterocycles. The second-order valence-corrected chi connectivity index (χ2v) is 8.04. The van der Waals surface area contributed by atoms with E-state index in [1.165, 1.54) is 7.11 Å². The maximum Gasteiger partial charge on any atom is 0.293 e. The highest BCUT2D eigenvalue weighted by atomic mass is 32.2. The molecule has 2 aromatic carbocycles. The summed E-state index contributed by atoms with van der Waals surface area (Å²) in [4.78, 5) is 39.0. The van der Waals surface area contributed by atoms with Gasteiger partial charge < -0.3 is 14.8 Å². The zero-order valence-corrected chi connectivity index (χ0v) is 18.9. The van der Waals surface area contributed by atoms with Crippen molar-refractivity contribution in [3.63, 3.8) is 0 Å². The van der Waals surface area contributed by atoms with Crippen LogP contribution in [0.5, 0.6) is 11.5 Å². The van der Waals surface area contributed by atoms with Crippen LogP contribution in [-0.2, 0) is 4.79 Å². The van der Waals surface area contributed by atoms with Crippen LogP contribution < -0.4 is 14.8 Å². The molecule has 170 valence electrons. The Labute approximate surface area is 194 Å². The lowest BCUT2D eigenvalue weighted by molar-refractivity contribution is -0.122. The summed E-state index contributed by atoms with van der Waals surface area (Å²) in [6.45, 7) is 2.55. The van der Waals surface area contributed by atoms with Crippen molar-refractivity contribution in [2.45, 2.75) is 6.92 Å². The number of fused-ring (bicyclic) bond motifs is 1. The highest BCUT2D eigenvalue weighted by molar-refractivity contribution is 8.18. The topological polar surface area (TPSA) is 114 Å². The number of aromatic nitrogens is 2. The fraction of sp³-hybridized carbons (Fsp3) is 0.217. The molecule has 10 heteroatoms. The first-order valence-corrected chi connectivity index (χ1v) is 11.1. The molecular weight excluding hydrogens is 444 g/mol. The standard InChI is InChI=1S/C23H22N4O5S/c1-3-32-17-9-8-14(12-18(17)31-2)13-19-22(29)27(23(30)33-19)11-10-24-21(28)20-15-6-4-5-7-16(15)25-26-20/h4-9,12-13H,3,10-11H2,1-2H3,(H,24,28)(H,25,26)/b19-13-. The molecule has 0 unspecified atom stereocenters. The first-order valence-electron chi connectivity index (χ1n) is 10.3. The van der Waals surface area contributed by atoms with Crippen molar-refractivity contribution >= 4 is 45.8 Å². The van der Waals surface area contributed by atoms with Gasteiger partial charge in [0.2, 0.25) is 0 Å². The minimum Gasteiger partial charge on any atom is -0.493 e. The van der Waals surface area contributed by atoms with Gasteiger partial charge in [-0.3, -0.25) is 24.4 Å². The number of hydrogen-bond acceptors (Lipinski definition) is 7. The van der Waals surface area contributed by atoms with Gasteiger partial charge in [-0.25, -0.2) is 0 Å². The molecule has 2 heterocycles. The van der Waals surface area contributed by atoms with Gasteiger partial charge in [0.05, 0.1) is 24.1 Å². The van der Waals surface area contributed by atoms with Gasteiger partial charge >= 0.3 is 0 Å². The fourth-order valence-corrected chi connectivity index (χ4v) is 4.26. The summed E-state index contributed by atoms with van der Waals surface area (Å²) in [6, 6.07) is 12.6. The second kappa shape index (κ2) is 9.78. The molecule has 1 saturated heterocycles. The minimum atomic E-state index is -0.405. The third-order valence-electron chi connectivity index (χ3n) is 4.97. The number of amides is 3. The highest BCUT2D eigenvalue weighted by Crippen LogP contribution is 2.34. The Bertz CT molecular complexity index is 1250. The van der Waals surface area contributed by atoms with Crippen molar-refractivity contribution in [1.82, 2.24) is 20.4 Å². The van der Waals surface area contributed by atoms with E-state index in [1.807, 2.05) is 25.1 Å². The van der Waals surface area contributed by atoms with E-state index in [0.717, 1.165) is 22.2 Å². The van der Waals surface area contributed by atoms with Crippen LogP contribution in [0.3, 0.4) is 0 Å². The molecular formula is C23H22N4O5S. The van der Waals surface area contributed by atoms with Crippen LogP contribution in [0.2, 0.25) is 0 Å². The number of para-hydroxylation sites is 1. The first-order chi connectivity index (χ1) is 16.0. The number of methoxy groups -OCH3 is 1. The van der Waals surface area contributed by atoms with Crippen LogP contribution in [0.1, 0.15) is 23.0 Å². The Morgan fingerprint density at radius 2 is 2.03 bits per heavy atom. The largest absolute Gasteiger partial charge is 0.493 e. The van der Waals surface area contributed by atoms with E-state index in [4.69, 9.17) is 9.47 Å². The van der Waals surface area contributed by atoms with Crippen molar-refractivity contribution in [3.8, 4) is 11.5 Å². The number of thioether (sulfide) groups is 1. The summed E-state index contributed by atoms with van der Waals surface area (Å²) in [5.74, 6) is 0.359. The summed E-state index contributed by atoms with van der Waals surface area (Å²) < 4.78 is 10.8. The number of rotatable bonds is 8. The van der Waals surface area contributed by atoms with E-state index in [2.05, 4.69) is 15.5 Å². The van der Waals surface area contributed by atoms with Gasteiger partial charge in [-0.05, 0) is 48.5 Å². The average molecular weight is 467 g/mol. The van der Waals surface area contributed by atoms with Crippen LogP contribution in [0.4, 0.5) is 4.79 Å². The predicted molar refractivity (Wildman–Crippen MR) is 125 cm³/mol. The van der Waals surface area contributed by atoms with Gasteiger partial charge in [0, 0.05) is 18.5 Å². The lowest BCUT2D eigenvalue weighted by Crippen LogP contribution is -2.37. The van der Waals surface area contributed by atoms with E-state index in [9.17, 15) is 14.4 Å². The first kappa shape index (κ1) is 22.4. The number of carbonyl (C=O) groups is 3. The fourth-order valence-electron chi connectivity index (χ4n) is 3.39. The Morgan fingerprint density at radius 1 is 1.21 bits per heavy atom. The van der Waals surface area contributed by atoms with Crippen LogP contribution in [-0.4, -0.2) is 59.0 Å². The van der Waals surface area contributed by atoms with Crippen molar-refractivity contribution < 1.29 is 23.9 Å². The molecule has 1 fully saturated rings. The number of nitrogens with one attached hydrogen (secondary N) is 2. The summed E-state index contributed by atoms with van der Waals surface area (Å²) in [5.41, 5.74) is 1.73. The summed E-state index contributed by atoms with van der Waals surface area (Å²) in [7, 11) is 1.54. The van der Waals surface area contributed by atoms with Crippen molar-refractivity contribution in [1.29, 1.82) is 0 Å². The third kappa shape index (κ3) is 4.70. The molecule has 0 radical (unpaired) electrons. The molecule has 0 bridgehead atoms. The van der Waals surface area contributed by atoms with Crippen LogP contribution in [0.25, 0.3) is 17.0 Å². The van der Waals surface area contributed by atoms with Gasteiger partial charge in [-0.15, -0.1) is 0 Å². The van der Waals surface area contributed by atoms with Crippen LogP contribution in [0.15, 0.2) is 47.4 Å². The molecule has 1 aliphatic rings. The van der Waals surface area contributed by atoms with Crippen molar-refractivity contribution in [3.05, 3.63) is 58.6 Å². The molecule has 0 saturated carbocycles. The molecule has 4 rings (SSSR count). The number of ether oxygens (including phenoxy) is 2. The number of nitrogens with zero attached hydrogens (tertiary/aromatic N) is 2. The van der Waals surface area contributed by atoms with E-state index >= 15 is 0 Å². The van der Waals surface area contributed by atoms with Crippen LogP contribution in [0, 0.1) is 0 Å². The predicted octanol–water partition coefficient (Wildman–Crippen LogP) is 3.44. The number of H-pyrrole nitrogens is 1. The summed E-state index contributed by atoms with van der Waals surface area (Å²) >= 11 is 0.859. The van der Waals surface area contributed by atoms with E-state index in [1.54, 1.807) is 30.3 Å². The molecule has 1 aromatic heterocycles. The number of aromatic amines is 1. The zero-order chi connectivity index (χ0) is 23.4. The molecule has 3 aromatic rings. The third-order valence-corrected chi connectivity index (χ3v) is 5.87. The molecule has 9 nitrogen and oxygen atoms in total. The monoisotopic (exact) mass is 466 g/mol. The van der Waals surface area contributed by atoms with Gasteiger partial charge in [-0.2, -0.15) is 5.10 Å². The van der Waals surface area contributed by atoms with Gasteiger partial charge in [0.25, 0.3) is 17.1 Å². The van der Waals surface area contributed by atoms with Crippen molar-refractivity contribution in [2.24, 2.45) is 0 Å². The Morgan fingerprint density at radius 3 is 2.82 bits per heavy atom. The van der Waals surface area contributed by atoms with Gasteiger partial charge in [-0.1, -0.05) is 24.3 Å². The quantitative estimate of drug-likeness (QED) is 0.489. The SMILES string of the molecule is CCOc1ccc(/C=C2\SC(=O)N(CCNC(=O)c3n[nH]c4ccccc34)C2=O)cc1OC. The number of imide groups is 1. The molecule has 2 N–H and O–H groups in total. The average Bonchev–Trinajstić information content (AvgIpc) is 3.36. The maximum atomic E-state index is 12.8. The Kier molecular flexibility index (Phi) is 6.64. The smallest absolute Gasteiger partial charge is 0.293 e. The lowest BCUT2D eigenvalue weighted by atomic mass is 10.2. The molecule has 3 amide bonds. The normalized spacial score (nSPS) is 14.8. The highest BCUT2D eigenvalue weighted by Gasteiger charge is 2.34. The summed E-state index contributed by atoms with van der Waals surface area (Å²) in [6.07, 6.45) is 1.64. The Hall–Kier alpha value is -3.79. The molecule has 33 heavy (non-hydrogen) atoms. The zero-order valence-electron chi connectivity index (χ0n) is 18.1. The lowest BCUT2D eigenvalue weighted by Gasteiger charge is -2.12.